The van der Waals surface area contributed by atoms with Gasteiger partial charge in [0.2, 0.25) is 0 Å². The normalized spacial score (nSPS) is 13.8. The third-order valence-corrected chi connectivity index (χ3v) is 1.01. The van der Waals surface area contributed by atoms with Crippen molar-refractivity contribution in [3.63, 3.8) is 0 Å². The molecular formula is C6H12N2O2. The average Bonchev–Trinajstić information content (AvgIpc) is 1.88. The van der Waals surface area contributed by atoms with Crippen molar-refractivity contribution >= 4 is 5.97 Å². The lowest BCUT2D eigenvalue weighted by atomic mass is 10.3. The van der Waals surface area contributed by atoms with Crippen LogP contribution < -0.4 is 11.5 Å². The highest BCUT2D eigenvalue weighted by molar-refractivity contribution is 5.73. The van der Waals surface area contributed by atoms with Crippen molar-refractivity contribution in [3.05, 3.63) is 12.2 Å². The second kappa shape index (κ2) is 4.96. The number of carboxylic acids is 1. The van der Waals surface area contributed by atoms with E-state index in [9.17, 15) is 4.79 Å². The summed E-state index contributed by atoms with van der Waals surface area (Å²) in [5.74, 6) is -0.985. The number of rotatable bonds is 4. The van der Waals surface area contributed by atoms with Gasteiger partial charge in [-0.1, -0.05) is 12.2 Å². The Morgan fingerprint density at radius 3 is 2.60 bits per heavy atom. The Bertz CT molecular complexity index is 134. The van der Waals surface area contributed by atoms with Gasteiger partial charge in [-0.15, -0.1) is 0 Å². The molecule has 0 fully saturated rings. The lowest BCUT2D eigenvalue weighted by molar-refractivity contribution is -0.138. The van der Waals surface area contributed by atoms with Crippen LogP contribution in [0, 0.1) is 0 Å². The monoisotopic (exact) mass is 145 g/mol. The van der Waals surface area contributed by atoms with Crippen molar-refractivity contribution in [3.8, 4) is 0 Å². The molecule has 1 unspecified atom stereocenters. The molecule has 0 heterocycles. The Kier molecular flexibility index (Phi) is 4.53. The van der Waals surface area contributed by atoms with Crippen molar-refractivity contribution in [2.24, 2.45) is 11.5 Å². The zero-order chi connectivity index (χ0) is 7.98. The minimum atomic E-state index is -0.985. The Hall–Kier alpha value is -0.870. The molecule has 0 amide bonds. The van der Waals surface area contributed by atoms with Gasteiger partial charge in [0, 0.05) is 6.54 Å². The second-order valence-electron chi connectivity index (χ2n) is 1.89. The van der Waals surface area contributed by atoms with E-state index in [-0.39, 0.29) is 0 Å². The standard InChI is InChI=1S/C6H12N2O2/c7-4-2-1-3-5(8)6(9)10/h1-2,5H,3-4,7-8H2,(H,9,10)/i6+1. The molecule has 4 heteroatoms. The van der Waals surface area contributed by atoms with Crippen molar-refractivity contribution in [2.75, 3.05) is 6.54 Å². The first-order valence-electron chi connectivity index (χ1n) is 3.02. The predicted octanol–water partition coefficient (Wildman–Crippen LogP) is -0.697. The van der Waals surface area contributed by atoms with Gasteiger partial charge < -0.3 is 16.6 Å². The highest BCUT2D eigenvalue weighted by atomic mass is 16.5. The van der Waals surface area contributed by atoms with Gasteiger partial charge in [0.05, 0.1) is 0 Å². The number of carbonyl (C=O) groups is 1. The van der Waals surface area contributed by atoms with Gasteiger partial charge in [0.1, 0.15) is 6.04 Å². The predicted molar refractivity (Wildman–Crippen MR) is 38.4 cm³/mol. The van der Waals surface area contributed by atoms with E-state index in [1.54, 1.807) is 12.2 Å². The van der Waals surface area contributed by atoms with Crippen molar-refractivity contribution in [2.45, 2.75) is 12.5 Å². The van der Waals surface area contributed by atoms with E-state index in [2.05, 4.69) is 0 Å². The fourth-order valence-electron chi connectivity index (χ4n) is 0.440. The molecule has 0 radical (unpaired) electrons. The molecule has 0 aliphatic rings. The van der Waals surface area contributed by atoms with E-state index in [4.69, 9.17) is 16.6 Å². The minimum absolute atomic E-state index is 0.340. The molecule has 0 aliphatic carbocycles. The van der Waals surface area contributed by atoms with Gasteiger partial charge in [-0.25, -0.2) is 0 Å². The van der Waals surface area contributed by atoms with Crippen LogP contribution in [-0.4, -0.2) is 23.7 Å². The minimum Gasteiger partial charge on any atom is -0.480 e. The Morgan fingerprint density at radius 2 is 2.20 bits per heavy atom. The second-order valence-corrected chi connectivity index (χ2v) is 1.89. The summed E-state index contributed by atoms with van der Waals surface area (Å²) in [5, 5.41) is 8.29. The third-order valence-electron chi connectivity index (χ3n) is 1.01. The SMILES string of the molecule is NCC=CCC(N)[13C](=O)O. The molecule has 1 atom stereocenters. The fourth-order valence-corrected chi connectivity index (χ4v) is 0.440. The number of nitrogens with two attached hydrogens (primary N) is 2. The zero-order valence-electron chi connectivity index (χ0n) is 5.66. The lowest BCUT2D eigenvalue weighted by Gasteiger charge is -1.99. The van der Waals surface area contributed by atoms with Crippen LogP contribution in [0.5, 0.6) is 0 Å². The lowest BCUT2D eigenvalue weighted by Crippen LogP contribution is -2.29. The van der Waals surface area contributed by atoms with E-state index in [0.717, 1.165) is 0 Å². The van der Waals surface area contributed by atoms with Crippen LogP contribution in [0.3, 0.4) is 0 Å². The molecule has 0 bridgehead atoms. The largest absolute Gasteiger partial charge is 0.480 e. The van der Waals surface area contributed by atoms with Gasteiger partial charge in [-0.3, -0.25) is 4.79 Å². The van der Waals surface area contributed by atoms with Gasteiger partial charge in [0.25, 0.3) is 0 Å². The summed E-state index contributed by atoms with van der Waals surface area (Å²) in [4.78, 5) is 10.1. The van der Waals surface area contributed by atoms with Crippen molar-refractivity contribution in [1.29, 1.82) is 0 Å². The summed E-state index contributed by atoms with van der Waals surface area (Å²) in [6, 6.07) is -0.803. The molecule has 0 aromatic heterocycles. The molecule has 0 rings (SSSR count). The van der Waals surface area contributed by atoms with Gasteiger partial charge in [0.15, 0.2) is 0 Å². The van der Waals surface area contributed by atoms with E-state index in [1.165, 1.54) is 0 Å². The van der Waals surface area contributed by atoms with Crippen LogP contribution in [0.15, 0.2) is 12.2 Å². The average molecular weight is 145 g/mol. The van der Waals surface area contributed by atoms with E-state index < -0.39 is 12.0 Å². The molecule has 0 aromatic rings. The molecule has 4 nitrogen and oxygen atoms in total. The summed E-state index contributed by atoms with van der Waals surface area (Å²) in [6.07, 6.45) is 3.69. The summed E-state index contributed by atoms with van der Waals surface area (Å²) in [6.45, 7) is 0.423. The summed E-state index contributed by atoms with van der Waals surface area (Å²) in [5.41, 5.74) is 10.3. The summed E-state index contributed by atoms with van der Waals surface area (Å²) < 4.78 is 0. The van der Waals surface area contributed by atoms with Crippen molar-refractivity contribution < 1.29 is 9.90 Å². The molecular weight excluding hydrogens is 133 g/mol. The summed E-state index contributed by atoms with van der Waals surface area (Å²) >= 11 is 0. The molecule has 10 heavy (non-hydrogen) atoms. The fraction of sp³-hybridized carbons (Fsp3) is 0.500. The van der Waals surface area contributed by atoms with Crippen LogP contribution in [0.4, 0.5) is 0 Å². The summed E-state index contributed by atoms with van der Waals surface area (Å²) in [7, 11) is 0. The third kappa shape index (κ3) is 4.05. The molecule has 0 saturated carbocycles. The maximum atomic E-state index is 10.1. The molecule has 5 N–H and O–H groups in total. The van der Waals surface area contributed by atoms with Gasteiger partial charge in [-0.05, 0) is 6.42 Å². The van der Waals surface area contributed by atoms with E-state index >= 15 is 0 Å². The van der Waals surface area contributed by atoms with Gasteiger partial charge in [-0.2, -0.15) is 0 Å². The smallest absolute Gasteiger partial charge is 0.320 e. The molecule has 0 aromatic carbocycles. The van der Waals surface area contributed by atoms with Crippen LogP contribution in [0.2, 0.25) is 0 Å². The molecule has 0 spiro atoms. The number of aliphatic carboxylic acids is 1. The quantitative estimate of drug-likeness (QED) is 0.360. The Labute approximate surface area is 59.5 Å². The molecule has 58 valence electrons. The van der Waals surface area contributed by atoms with Gasteiger partial charge >= 0.3 is 5.97 Å². The first-order valence-corrected chi connectivity index (χ1v) is 3.02. The number of hydrogen-bond donors (Lipinski definition) is 3. The first-order chi connectivity index (χ1) is 4.68. The van der Waals surface area contributed by atoms with Crippen LogP contribution in [0.1, 0.15) is 6.42 Å². The van der Waals surface area contributed by atoms with E-state index in [1.807, 2.05) is 0 Å². The maximum Gasteiger partial charge on any atom is 0.320 e. The topological polar surface area (TPSA) is 89.3 Å². The van der Waals surface area contributed by atoms with Crippen molar-refractivity contribution in [1.82, 2.24) is 0 Å². The first kappa shape index (κ1) is 9.13. The maximum absolute atomic E-state index is 10.1. The van der Waals surface area contributed by atoms with Crippen LogP contribution >= 0.6 is 0 Å². The number of carboxylic acid groups (broad SMARTS) is 1. The molecule has 0 aliphatic heterocycles. The Morgan fingerprint density at radius 1 is 1.60 bits per heavy atom. The number of hydrogen-bond acceptors (Lipinski definition) is 3. The molecule has 0 saturated heterocycles. The highest BCUT2D eigenvalue weighted by Gasteiger charge is 2.07. The van der Waals surface area contributed by atoms with Crippen LogP contribution in [0.25, 0.3) is 0 Å². The zero-order valence-corrected chi connectivity index (χ0v) is 5.66. The highest BCUT2D eigenvalue weighted by Crippen LogP contribution is 1.88. The van der Waals surface area contributed by atoms with Crippen LogP contribution in [-0.2, 0) is 4.79 Å². The van der Waals surface area contributed by atoms with E-state index in [0.29, 0.717) is 13.0 Å². The Balaban J connectivity index is 3.48.